The van der Waals surface area contributed by atoms with Crippen LogP contribution in [0.2, 0.25) is 0 Å². The maximum Gasteiger partial charge on any atom is 0.415 e. The molecule has 0 aliphatic carbocycles. The second-order valence-electron chi connectivity index (χ2n) is 5.55. The summed E-state index contributed by atoms with van der Waals surface area (Å²) in [7, 11) is 1.40. The van der Waals surface area contributed by atoms with Gasteiger partial charge in [-0.15, -0.1) is 0 Å². The Kier molecular flexibility index (Phi) is 4.56. The molecule has 1 unspecified atom stereocenters. The van der Waals surface area contributed by atoms with Crippen molar-refractivity contribution in [3.63, 3.8) is 0 Å². The van der Waals surface area contributed by atoms with E-state index in [1.54, 1.807) is 24.3 Å². The first-order valence-electron chi connectivity index (χ1n) is 7.61. The quantitative estimate of drug-likeness (QED) is 0.922. The number of halogens is 1. The second-order valence-corrected chi connectivity index (χ2v) is 5.55. The van der Waals surface area contributed by atoms with Crippen LogP contribution in [0.15, 0.2) is 42.5 Å². The predicted molar refractivity (Wildman–Crippen MR) is 87.2 cm³/mol. The van der Waals surface area contributed by atoms with Crippen molar-refractivity contribution >= 4 is 17.7 Å². The number of benzene rings is 2. The molecule has 1 heterocycles. The van der Waals surface area contributed by atoms with E-state index in [0.717, 1.165) is 16.5 Å². The van der Waals surface area contributed by atoms with E-state index in [4.69, 9.17) is 9.47 Å². The zero-order valence-electron chi connectivity index (χ0n) is 13.4. The Morgan fingerprint density at radius 1 is 1.24 bits per heavy atom. The molecule has 2 aromatic carbocycles. The number of rotatable bonds is 4. The Labute approximate surface area is 143 Å². The lowest BCUT2D eigenvalue weighted by Gasteiger charge is -2.22. The molecule has 1 atom stereocenters. The van der Waals surface area contributed by atoms with Crippen LogP contribution in [0.3, 0.4) is 0 Å². The Balaban J connectivity index is 1.90. The van der Waals surface area contributed by atoms with Crippen molar-refractivity contribution in [3.05, 3.63) is 59.4 Å². The average molecular weight is 345 g/mol. The van der Waals surface area contributed by atoms with Gasteiger partial charge >= 0.3 is 12.1 Å². The maximum absolute atomic E-state index is 14.3. The van der Waals surface area contributed by atoms with Crippen LogP contribution in [0, 0.1) is 5.82 Å². The van der Waals surface area contributed by atoms with E-state index in [9.17, 15) is 19.1 Å². The van der Waals surface area contributed by atoms with E-state index in [1.807, 2.05) is 6.07 Å². The molecule has 130 valence electrons. The number of carboxylic acids is 1. The van der Waals surface area contributed by atoms with Crippen LogP contribution in [0.25, 0.3) is 0 Å². The molecule has 0 bridgehead atoms. The van der Waals surface area contributed by atoms with E-state index in [1.165, 1.54) is 13.2 Å². The molecule has 25 heavy (non-hydrogen) atoms. The lowest BCUT2D eigenvalue weighted by Crippen LogP contribution is -2.43. The van der Waals surface area contributed by atoms with Gasteiger partial charge in [0, 0.05) is 12.0 Å². The smallest absolute Gasteiger partial charge is 0.415 e. The summed E-state index contributed by atoms with van der Waals surface area (Å²) in [5.74, 6) is -1.61. The minimum Gasteiger partial charge on any atom is -0.496 e. The topological polar surface area (TPSA) is 76.1 Å². The molecule has 7 heteroatoms. The number of hydrogen-bond donors (Lipinski definition) is 1. The summed E-state index contributed by atoms with van der Waals surface area (Å²) >= 11 is 0. The summed E-state index contributed by atoms with van der Waals surface area (Å²) in [6.07, 6.45) is -0.964. The van der Waals surface area contributed by atoms with Gasteiger partial charge in [0.2, 0.25) is 0 Å². The average Bonchev–Trinajstić information content (AvgIpc) is 3.03. The minimum absolute atomic E-state index is 0.0383. The van der Waals surface area contributed by atoms with E-state index < -0.39 is 23.9 Å². The van der Waals surface area contributed by atoms with E-state index in [2.05, 4.69) is 0 Å². The molecule has 0 fully saturated rings. The number of hydrogen-bond acceptors (Lipinski definition) is 4. The van der Waals surface area contributed by atoms with Crippen LogP contribution < -0.4 is 9.64 Å². The maximum atomic E-state index is 14.3. The summed E-state index contributed by atoms with van der Waals surface area (Å²) in [6, 6.07) is 10.2. The zero-order valence-corrected chi connectivity index (χ0v) is 13.4. The largest absolute Gasteiger partial charge is 0.496 e. The lowest BCUT2D eigenvalue weighted by molar-refractivity contribution is -0.138. The van der Waals surface area contributed by atoms with Crippen molar-refractivity contribution in [3.8, 4) is 5.75 Å². The number of carboxylic acid groups (broad SMARTS) is 1. The van der Waals surface area contributed by atoms with Gasteiger partial charge in [-0.1, -0.05) is 30.3 Å². The van der Waals surface area contributed by atoms with Crippen LogP contribution in [0.5, 0.6) is 5.75 Å². The third-order valence-corrected chi connectivity index (χ3v) is 4.05. The predicted octanol–water partition coefficient (Wildman–Crippen LogP) is 2.99. The van der Waals surface area contributed by atoms with Gasteiger partial charge < -0.3 is 14.6 Å². The normalized spacial score (nSPS) is 15.6. The summed E-state index contributed by atoms with van der Waals surface area (Å²) in [4.78, 5) is 24.9. The monoisotopic (exact) mass is 345 g/mol. The molecule has 6 nitrogen and oxygen atoms in total. The van der Waals surface area contributed by atoms with Gasteiger partial charge in [0.25, 0.3) is 0 Å². The van der Waals surface area contributed by atoms with Gasteiger partial charge in [-0.25, -0.2) is 14.0 Å². The van der Waals surface area contributed by atoms with Crippen LogP contribution in [-0.2, 0) is 22.6 Å². The number of methoxy groups -OCH3 is 1. The standard InChI is InChI=1S/C18H16FNO5/c1-24-15-8-7-13(19)16-12(15)9-14(17(21)22)20(16)18(23)25-10-11-5-3-2-4-6-11/h2-8,14H,9-10H2,1H3,(H,21,22). The van der Waals surface area contributed by atoms with E-state index >= 15 is 0 Å². The van der Waals surface area contributed by atoms with Gasteiger partial charge in [-0.3, -0.25) is 4.90 Å². The summed E-state index contributed by atoms with van der Waals surface area (Å²) in [5.41, 5.74) is 0.977. The minimum atomic E-state index is -1.25. The van der Waals surface area contributed by atoms with Crippen LogP contribution in [0.1, 0.15) is 11.1 Å². The molecule has 1 amide bonds. The van der Waals surface area contributed by atoms with Gasteiger partial charge in [0.15, 0.2) is 0 Å². The first kappa shape index (κ1) is 16.8. The molecule has 0 radical (unpaired) electrons. The molecule has 3 rings (SSSR count). The zero-order chi connectivity index (χ0) is 18.0. The second kappa shape index (κ2) is 6.80. The number of ether oxygens (including phenoxy) is 2. The molecular formula is C18H16FNO5. The third-order valence-electron chi connectivity index (χ3n) is 4.05. The molecule has 0 spiro atoms. The van der Waals surface area contributed by atoms with Crippen molar-refractivity contribution in [2.45, 2.75) is 19.1 Å². The Morgan fingerprint density at radius 2 is 1.96 bits per heavy atom. The van der Waals surface area contributed by atoms with Gasteiger partial charge in [0.1, 0.15) is 24.2 Å². The highest BCUT2D eigenvalue weighted by molar-refractivity contribution is 5.99. The number of aliphatic carboxylic acids is 1. The molecule has 1 N–H and O–H groups in total. The number of carbonyl (C=O) groups is 2. The number of fused-ring (bicyclic) bond motifs is 1. The third kappa shape index (κ3) is 3.13. The van der Waals surface area contributed by atoms with Gasteiger partial charge in [-0.05, 0) is 17.7 Å². The summed E-state index contributed by atoms with van der Waals surface area (Å²) < 4.78 is 24.7. The first-order chi connectivity index (χ1) is 12.0. The fraction of sp³-hybridized carbons (Fsp3) is 0.222. The van der Waals surface area contributed by atoms with Crippen molar-refractivity contribution < 1.29 is 28.6 Å². The molecule has 0 saturated heterocycles. The van der Waals surface area contributed by atoms with Crippen molar-refractivity contribution in [1.29, 1.82) is 0 Å². The summed E-state index contributed by atoms with van der Waals surface area (Å²) in [5, 5.41) is 9.43. The highest BCUT2D eigenvalue weighted by Crippen LogP contribution is 2.40. The summed E-state index contributed by atoms with van der Waals surface area (Å²) in [6.45, 7) is -0.0383. The van der Waals surface area contributed by atoms with E-state index in [0.29, 0.717) is 11.3 Å². The van der Waals surface area contributed by atoms with Crippen molar-refractivity contribution in [1.82, 2.24) is 0 Å². The SMILES string of the molecule is COc1ccc(F)c2c1CC(C(=O)O)N2C(=O)OCc1ccccc1. The van der Waals surface area contributed by atoms with Crippen LogP contribution >= 0.6 is 0 Å². The fourth-order valence-corrected chi connectivity index (χ4v) is 2.88. The number of nitrogens with zero attached hydrogens (tertiary/aromatic N) is 1. The number of carbonyl (C=O) groups excluding carboxylic acids is 1. The van der Waals surface area contributed by atoms with Crippen LogP contribution in [-0.4, -0.2) is 30.3 Å². The van der Waals surface area contributed by atoms with Gasteiger partial charge in [-0.2, -0.15) is 0 Å². The number of amides is 1. The highest BCUT2D eigenvalue weighted by atomic mass is 19.1. The Bertz CT molecular complexity index is 809. The lowest BCUT2D eigenvalue weighted by atomic mass is 10.1. The Hall–Kier alpha value is -3.09. The van der Waals surface area contributed by atoms with Gasteiger partial charge in [0.05, 0.1) is 12.8 Å². The molecule has 1 aliphatic rings. The molecule has 0 saturated carbocycles. The molecular weight excluding hydrogens is 329 g/mol. The van der Waals surface area contributed by atoms with Crippen LogP contribution in [0.4, 0.5) is 14.9 Å². The molecule has 2 aromatic rings. The molecule has 1 aliphatic heterocycles. The Morgan fingerprint density at radius 3 is 2.60 bits per heavy atom. The van der Waals surface area contributed by atoms with Crippen molar-refractivity contribution in [2.24, 2.45) is 0 Å². The number of anilines is 1. The first-order valence-corrected chi connectivity index (χ1v) is 7.61. The molecule has 0 aromatic heterocycles. The highest BCUT2D eigenvalue weighted by Gasteiger charge is 2.43. The van der Waals surface area contributed by atoms with Crippen molar-refractivity contribution in [2.75, 3.05) is 12.0 Å². The van der Waals surface area contributed by atoms with E-state index in [-0.39, 0.29) is 18.7 Å². The fourth-order valence-electron chi connectivity index (χ4n) is 2.88.